The highest BCUT2D eigenvalue weighted by atomic mass is 16.3. The van der Waals surface area contributed by atoms with E-state index in [1.807, 2.05) is 24.3 Å². The standard InChI is InChI=1S/C17H18N2O/c1-10(2)14-8-13(18)9-15-16(14)20-17(19-15)12-6-4-11(3)5-7-12/h4-10H,18H2,1-3H3. The van der Waals surface area contributed by atoms with Crippen LogP contribution >= 0.6 is 0 Å². The van der Waals surface area contributed by atoms with Crippen LogP contribution in [0.1, 0.15) is 30.9 Å². The van der Waals surface area contributed by atoms with Gasteiger partial charge in [0.15, 0.2) is 5.58 Å². The lowest BCUT2D eigenvalue weighted by atomic mass is 10.0. The van der Waals surface area contributed by atoms with Crippen LogP contribution in [0.2, 0.25) is 0 Å². The molecule has 0 saturated heterocycles. The van der Waals surface area contributed by atoms with Crippen molar-refractivity contribution in [3.8, 4) is 11.5 Å². The summed E-state index contributed by atoms with van der Waals surface area (Å²) >= 11 is 0. The maximum Gasteiger partial charge on any atom is 0.227 e. The Bertz CT molecular complexity index is 755. The maximum atomic E-state index is 5.97. The molecule has 20 heavy (non-hydrogen) atoms. The summed E-state index contributed by atoms with van der Waals surface area (Å²) in [7, 11) is 0. The van der Waals surface area contributed by atoms with Crippen molar-refractivity contribution in [1.82, 2.24) is 4.98 Å². The van der Waals surface area contributed by atoms with E-state index in [0.717, 1.165) is 27.9 Å². The Morgan fingerprint density at radius 3 is 2.45 bits per heavy atom. The van der Waals surface area contributed by atoms with Crippen molar-refractivity contribution < 1.29 is 4.42 Å². The highest BCUT2D eigenvalue weighted by Gasteiger charge is 2.14. The quantitative estimate of drug-likeness (QED) is 0.694. The summed E-state index contributed by atoms with van der Waals surface area (Å²) in [4.78, 5) is 4.57. The molecule has 102 valence electrons. The number of nitrogens with zero attached hydrogens (tertiary/aromatic N) is 1. The predicted molar refractivity (Wildman–Crippen MR) is 82.7 cm³/mol. The van der Waals surface area contributed by atoms with E-state index in [-0.39, 0.29) is 0 Å². The second-order valence-corrected chi connectivity index (χ2v) is 5.50. The molecule has 0 amide bonds. The lowest BCUT2D eigenvalue weighted by Crippen LogP contribution is -1.92. The van der Waals surface area contributed by atoms with Gasteiger partial charge in [-0.2, -0.15) is 0 Å². The molecule has 1 aromatic heterocycles. The molecule has 0 saturated carbocycles. The molecule has 0 bridgehead atoms. The van der Waals surface area contributed by atoms with Crippen molar-refractivity contribution in [2.24, 2.45) is 0 Å². The van der Waals surface area contributed by atoms with Gasteiger partial charge >= 0.3 is 0 Å². The Morgan fingerprint density at radius 2 is 1.80 bits per heavy atom. The summed E-state index contributed by atoms with van der Waals surface area (Å²) in [6, 6.07) is 12.0. The lowest BCUT2D eigenvalue weighted by Gasteiger charge is -2.06. The molecule has 0 aliphatic rings. The largest absolute Gasteiger partial charge is 0.436 e. The molecule has 3 aromatic rings. The van der Waals surface area contributed by atoms with Gasteiger partial charge < -0.3 is 10.2 Å². The van der Waals surface area contributed by atoms with E-state index in [1.165, 1.54) is 5.56 Å². The summed E-state index contributed by atoms with van der Waals surface area (Å²) in [5, 5.41) is 0. The first-order valence-electron chi connectivity index (χ1n) is 6.81. The molecule has 0 radical (unpaired) electrons. The first-order valence-corrected chi connectivity index (χ1v) is 6.81. The number of nitrogens with two attached hydrogens (primary N) is 1. The van der Waals surface area contributed by atoms with Crippen LogP contribution in [0.15, 0.2) is 40.8 Å². The third kappa shape index (κ3) is 2.16. The second-order valence-electron chi connectivity index (χ2n) is 5.50. The Morgan fingerprint density at radius 1 is 1.10 bits per heavy atom. The number of rotatable bonds is 2. The van der Waals surface area contributed by atoms with Gasteiger partial charge in [0.1, 0.15) is 5.52 Å². The van der Waals surface area contributed by atoms with E-state index in [4.69, 9.17) is 10.2 Å². The molecule has 2 aromatic carbocycles. The Hall–Kier alpha value is -2.29. The minimum absolute atomic E-state index is 0.347. The number of hydrogen-bond donors (Lipinski definition) is 1. The third-order valence-corrected chi connectivity index (χ3v) is 3.46. The summed E-state index contributed by atoms with van der Waals surface area (Å²) < 4.78 is 5.97. The van der Waals surface area contributed by atoms with Gasteiger partial charge in [-0.3, -0.25) is 0 Å². The van der Waals surface area contributed by atoms with Gasteiger partial charge in [0.25, 0.3) is 0 Å². The summed E-state index contributed by atoms with van der Waals surface area (Å²) in [6.07, 6.45) is 0. The Kier molecular flexibility index (Phi) is 2.97. The molecule has 0 atom stereocenters. The third-order valence-electron chi connectivity index (χ3n) is 3.46. The zero-order valence-electron chi connectivity index (χ0n) is 12.0. The number of benzene rings is 2. The van der Waals surface area contributed by atoms with Crippen LogP contribution in [0.5, 0.6) is 0 Å². The highest BCUT2D eigenvalue weighted by molar-refractivity contribution is 5.83. The van der Waals surface area contributed by atoms with Gasteiger partial charge in [0, 0.05) is 16.8 Å². The van der Waals surface area contributed by atoms with Crippen LogP contribution in [0.25, 0.3) is 22.6 Å². The van der Waals surface area contributed by atoms with Gasteiger partial charge in [-0.15, -0.1) is 0 Å². The van der Waals surface area contributed by atoms with Crippen molar-refractivity contribution in [3.05, 3.63) is 47.5 Å². The lowest BCUT2D eigenvalue weighted by molar-refractivity contribution is 0.611. The molecule has 0 aliphatic heterocycles. The van der Waals surface area contributed by atoms with Crippen LogP contribution in [0.3, 0.4) is 0 Å². The predicted octanol–water partition coefficient (Wildman–Crippen LogP) is 4.51. The molecular weight excluding hydrogens is 248 g/mol. The highest BCUT2D eigenvalue weighted by Crippen LogP contribution is 2.32. The van der Waals surface area contributed by atoms with Gasteiger partial charge in [0.2, 0.25) is 5.89 Å². The van der Waals surface area contributed by atoms with E-state index < -0.39 is 0 Å². The SMILES string of the molecule is Cc1ccc(-c2nc3cc(N)cc(C(C)C)c3o2)cc1. The summed E-state index contributed by atoms with van der Waals surface area (Å²) in [5.41, 5.74) is 11.6. The van der Waals surface area contributed by atoms with Crippen LogP contribution in [0.4, 0.5) is 5.69 Å². The molecule has 3 rings (SSSR count). The van der Waals surface area contributed by atoms with Crippen molar-refractivity contribution in [2.45, 2.75) is 26.7 Å². The minimum atomic E-state index is 0.347. The fourth-order valence-electron chi connectivity index (χ4n) is 2.33. The summed E-state index contributed by atoms with van der Waals surface area (Å²) in [6.45, 7) is 6.32. The van der Waals surface area contributed by atoms with E-state index in [2.05, 4.69) is 37.9 Å². The molecule has 3 heteroatoms. The Balaban J connectivity index is 2.19. The van der Waals surface area contributed by atoms with Crippen molar-refractivity contribution >= 4 is 16.8 Å². The number of fused-ring (bicyclic) bond motifs is 1. The van der Waals surface area contributed by atoms with E-state index in [0.29, 0.717) is 11.8 Å². The van der Waals surface area contributed by atoms with E-state index in [1.54, 1.807) is 0 Å². The maximum absolute atomic E-state index is 5.97. The van der Waals surface area contributed by atoms with Crippen LogP contribution in [-0.4, -0.2) is 4.98 Å². The zero-order chi connectivity index (χ0) is 14.3. The van der Waals surface area contributed by atoms with E-state index in [9.17, 15) is 0 Å². The molecule has 0 spiro atoms. The topological polar surface area (TPSA) is 52.0 Å². The van der Waals surface area contributed by atoms with Crippen molar-refractivity contribution in [3.63, 3.8) is 0 Å². The van der Waals surface area contributed by atoms with Crippen LogP contribution in [-0.2, 0) is 0 Å². The van der Waals surface area contributed by atoms with Gasteiger partial charge in [-0.05, 0) is 37.1 Å². The fourth-order valence-corrected chi connectivity index (χ4v) is 2.33. The molecule has 2 N–H and O–H groups in total. The van der Waals surface area contributed by atoms with Crippen LogP contribution in [0, 0.1) is 6.92 Å². The van der Waals surface area contributed by atoms with Gasteiger partial charge in [0.05, 0.1) is 0 Å². The molecule has 1 heterocycles. The fraction of sp³-hybridized carbons (Fsp3) is 0.235. The zero-order valence-corrected chi connectivity index (χ0v) is 12.0. The normalized spacial score (nSPS) is 11.4. The number of hydrogen-bond acceptors (Lipinski definition) is 3. The first-order chi connectivity index (χ1) is 9.54. The molecule has 0 fully saturated rings. The van der Waals surface area contributed by atoms with Gasteiger partial charge in [-0.25, -0.2) is 4.98 Å². The molecule has 3 nitrogen and oxygen atoms in total. The monoisotopic (exact) mass is 266 g/mol. The number of nitrogen functional groups attached to an aromatic ring is 1. The first kappa shape index (κ1) is 12.7. The average molecular weight is 266 g/mol. The number of anilines is 1. The van der Waals surface area contributed by atoms with Crippen LogP contribution < -0.4 is 5.73 Å². The minimum Gasteiger partial charge on any atom is -0.436 e. The second kappa shape index (κ2) is 4.67. The van der Waals surface area contributed by atoms with Crippen molar-refractivity contribution in [1.29, 1.82) is 0 Å². The van der Waals surface area contributed by atoms with Crippen molar-refractivity contribution in [2.75, 3.05) is 5.73 Å². The number of oxazole rings is 1. The smallest absolute Gasteiger partial charge is 0.227 e. The average Bonchev–Trinajstić information content (AvgIpc) is 2.81. The van der Waals surface area contributed by atoms with E-state index >= 15 is 0 Å². The number of aromatic nitrogens is 1. The number of aryl methyl sites for hydroxylation is 1. The van der Waals surface area contributed by atoms with Gasteiger partial charge in [-0.1, -0.05) is 31.5 Å². The molecule has 0 unspecified atom stereocenters. The Labute approximate surface area is 118 Å². The summed E-state index contributed by atoms with van der Waals surface area (Å²) in [5.74, 6) is 0.993. The molecular formula is C17H18N2O. The molecule has 0 aliphatic carbocycles.